The van der Waals surface area contributed by atoms with Crippen LogP contribution >= 0.6 is 0 Å². The molecule has 3 fully saturated rings. The maximum absolute atomic E-state index is 14.3. The molecule has 0 radical (unpaired) electrons. The Morgan fingerprint density at radius 3 is 2.50 bits per heavy atom. The molecule has 0 bridgehead atoms. The Morgan fingerprint density at radius 2 is 1.83 bits per heavy atom. The highest BCUT2D eigenvalue weighted by molar-refractivity contribution is 6.00. The van der Waals surface area contributed by atoms with Gasteiger partial charge in [0.25, 0.3) is 0 Å². The lowest BCUT2D eigenvalue weighted by molar-refractivity contribution is -0.294. The summed E-state index contributed by atoms with van der Waals surface area (Å²) in [6.07, 6.45) is 0.888. The van der Waals surface area contributed by atoms with E-state index in [1.807, 2.05) is 84.1 Å². The van der Waals surface area contributed by atoms with Gasteiger partial charge in [0.05, 0.1) is 30.0 Å². The standard InChI is InChI=1S/C42H67N7O9/c1-11-33-42(7)36(49(40(53)58-42)21-13-12-20-48-24-31(45-46-48)29-16-14-17-30(43)23-29)28(5)44-19-15-18-41(6,54-10)37(26(3)34(50)27(4)38(52)56-33)57-39-35(51)32(47(8)9)22-25(2)55-39/h14,16-17,23-28,32-33,35-37,39,44,51H,11-13,15,18-22,43H2,1-10H3/t25-,26+,27-,28+,32?,33-,35?,36-,37-,39+,41-,42-/m1/s1. The van der Waals surface area contributed by atoms with Crippen LogP contribution in [0.5, 0.6) is 0 Å². The zero-order valence-electron chi connectivity index (χ0n) is 36.1. The molecule has 3 aliphatic rings. The fourth-order valence-corrected chi connectivity index (χ4v) is 9.12. The average molecular weight is 814 g/mol. The molecule has 1 amide bonds. The van der Waals surface area contributed by atoms with Crippen LogP contribution in [0.1, 0.15) is 87.0 Å². The quantitative estimate of drug-likeness (QED) is 0.127. The number of anilines is 1. The zero-order chi connectivity index (χ0) is 42.5. The summed E-state index contributed by atoms with van der Waals surface area (Å²) in [7, 11) is 5.38. The molecule has 3 aliphatic heterocycles. The summed E-state index contributed by atoms with van der Waals surface area (Å²) in [4.78, 5) is 45.7. The van der Waals surface area contributed by atoms with Crippen molar-refractivity contribution in [2.75, 3.05) is 40.0 Å². The third kappa shape index (κ3) is 9.85. The van der Waals surface area contributed by atoms with Crippen molar-refractivity contribution in [3.05, 3.63) is 30.5 Å². The van der Waals surface area contributed by atoms with Crippen molar-refractivity contribution >= 4 is 23.5 Å². The van der Waals surface area contributed by atoms with Crippen LogP contribution in [-0.2, 0) is 39.8 Å². The number of methoxy groups -OCH3 is 1. The molecule has 324 valence electrons. The Kier molecular flexibility index (Phi) is 15.0. The second kappa shape index (κ2) is 19.1. The van der Waals surface area contributed by atoms with Gasteiger partial charge in [-0.15, -0.1) is 5.10 Å². The molecule has 2 unspecified atom stereocenters. The molecule has 12 atom stereocenters. The number of esters is 1. The van der Waals surface area contributed by atoms with Crippen molar-refractivity contribution in [1.29, 1.82) is 0 Å². The first-order valence-corrected chi connectivity index (χ1v) is 20.9. The fourth-order valence-electron chi connectivity index (χ4n) is 9.12. The highest BCUT2D eigenvalue weighted by Gasteiger charge is 2.58. The third-order valence-corrected chi connectivity index (χ3v) is 12.6. The predicted octanol–water partition coefficient (Wildman–Crippen LogP) is 4.04. The summed E-state index contributed by atoms with van der Waals surface area (Å²) < 4.78 is 33.1. The zero-order valence-corrected chi connectivity index (χ0v) is 36.1. The smallest absolute Gasteiger partial charge is 0.410 e. The lowest BCUT2D eigenvalue weighted by Crippen LogP contribution is -2.60. The number of nitrogens with one attached hydrogen (secondary N) is 1. The van der Waals surface area contributed by atoms with E-state index in [1.165, 1.54) is 6.92 Å². The molecule has 16 nitrogen and oxygen atoms in total. The first-order chi connectivity index (χ1) is 27.4. The van der Waals surface area contributed by atoms with E-state index in [2.05, 4.69) is 15.6 Å². The van der Waals surface area contributed by atoms with Crippen LogP contribution in [0.2, 0.25) is 0 Å². The number of unbranched alkanes of at least 4 members (excludes halogenated alkanes) is 1. The van der Waals surface area contributed by atoms with E-state index < -0.39 is 71.5 Å². The number of cyclic esters (lactones) is 1. The number of Topliss-reactive ketones (excluding diaryl/α,β-unsaturated/α-hetero) is 1. The second-order valence-electron chi connectivity index (χ2n) is 17.1. The number of carbonyl (C=O) groups is 3. The molecule has 4 N–H and O–H groups in total. The molecule has 1 aromatic carbocycles. The van der Waals surface area contributed by atoms with Crippen molar-refractivity contribution in [2.24, 2.45) is 11.8 Å². The molecular formula is C42H67N7O9. The largest absolute Gasteiger partial charge is 0.458 e. The third-order valence-electron chi connectivity index (χ3n) is 12.6. The van der Waals surface area contributed by atoms with Crippen molar-refractivity contribution in [3.63, 3.8) is 0 Å². The van der Waals surface area contributed by atoms with Gasteiger partial charge in [-0.2, -0.15) is 0 Å². The minimum Gasteiger partial charge on any atom is -0.458 e. The number of nitrogens with two attached hydrogens (primary N) is 1. The summed E-state index contributed by atoms with van der Waals surface area (Å²) in [5.41, 5.74) is 5.98. The van der Waals surface area contributed by atoms with Crippen LogP contribution in [0, 0.1) is 11.8 Å². The topological polar surface area (TPSA) is 193 Å². The molecule has 2 aromatic rings. The molecule has 0 aliphatic carbocycles. The number of fused-ring (bicyclic) bond motifs is 1. The minimum atomic E-state index is -1.22. The van der Waals surface area contributed by atoms with Gasteiger partial charge in [-0.1, -0.05) is 31.2 Å². The lowest BCUT2D eigenvalue weighted by Gasteiger charge is -2.46. The predicted molar refractivity (Wildman–Crippen MR) is 217 cm³/mol. The Labute approximate surface area is 343 Å². The van der Waals surface area contributed by atoms with E-state index in [0.29, 0.717) is 57.4 Å². The number of ether oxygens (including phenoxy) is 5. The van der Waals surface area contributed by atoms with Crippen LogP contribution in [-0.4, -0.2) is 142 Å². The molecule has 5 rings (SSSR count). The van der Waals surface area contributed by atoms with Gasteiger partial charge >= 0.3 is 12.1 Å². The van der Waals surface area contributed by atoms with Gasteiger partial charge in [-0.25, -0.2) is 4.79 Å². The van der Waals surface area contributed by atoms with Crippen molar-refractivity contribution < 1.29 is 43.2 Å². The van der Waals surface area contributed by atoms with Crippen LogP contribution in [0.3, 0.4) is 0 Å². The van der Waals surface area contributed by atoms with E-state index in [-0.39, 0.29) is 18.2 Å². The minimum absolute atomic E-state index is 0.203. The van der Waals surface area contributed by atoms with Gasteiger partial charge in [0.15, 0.2) is 17.7 Å². The number of aliphatic hydroxyl groups excluding tert-OH is 1. The van der Waals surface area contributed by atoms with Crippen LogP contribution in [0.15, 0.2) is 30.5 Å². The summed E-state index contributed by atoms with van der Waals surface area (Å²) in [6, 6.07) is 6.49. The van der Waals surface area contributed by atoms with Gasteiger partial charge in [0.1, 0.15) is 23.8 Å². The Morgan fingerprint density at radius 1 is 1.10 bits per heavy atom. The Hall–Kier alpha value is -3.67. The van der Waals surface area contributed by atoms with E-state index in [9.17, 15) is 19.5 Å². The molecular weight excluding hydrogens is 747 g/mol. The Bertz CT molecular complexity index is 1710. The van der Waals surface area contributed by atoms with E-state index >= 15 is 0 Å². The summed E-state index contributed by atoms with van der Waals surface area (Å²) in [5.74, 6) is -3.13. The number of carbonyl (C=O) groups excluding carboxylic acids is 3. The number of hydrogen-bond donors (Lipinski definition) is 3. The van der Waals surface area contributed by atoms with Crippen molar-refractivity contribution in [2.45, 2.75) is 154 Å². The number of rotatable bonds is 11. The summed E-state index contributed by atoms with van der Waals surface area (Å²) in [6.45, 7) is 14.3. The molecule has 1 aromatic heterocycles. The molecule has 0 saturated carbocycles. The van der Waals surface area contributed by atoms with Gasteiger partial charge < -0.3 is 44.7 Å². The molecule has 4 heterocycles. The van der Waals surface area contributed by atoms with Crippen LogP contribution in [0.4, 0.5) is 10.5 Å². The number of aliphatic hydroxyl groups is 1. The number of likely N-dealkylation sites (N-methyl/N-ethyl adjacent to an activating group) is 1. The maximum atomic E-state index is 14.3. The number of nitrogen functional groups attached to an aromatic ring is 1. The monoisotopic (exact) mass is 814 g/mol. The summed E-state index contributed by atoms with van der Waals surface area (Å²) in [5, 5.41) is 23.6. The lowest BCUT2D eigenvalue weighted by atomic mass is 9.80. The number of aromatic nitrogens is 3. The number of ketones is 1. The number of amides is 1. The first-order valence-electron chi connectivity index (χ1n) is 20.9. The Balaban J connectivity index is 1.35. The van der Waals surface area contributed by atoms with Crippen molar-refractivity contribution in [1.82, 2.24) is 30.1 Å². The molecule has 58 heavy (non-hydrogen) atoms. The van der Waals surface area contributed by atoms with Crippen molar-refractivity contribution in [3.8, 4) is 11.3 Å². The number of aryl methyl sites for hydroxylation is 1. The number of nitrogens with zero attached hydrogens (tertiary/aromatic N) is 5. The number of benzene rings is 1. The molecule has 3 saturated heterocycles. The van der Waals surface area contributed by atoms with E-state index in [1.54, 1.807) is 23.6 Å². The molecule has 0 spiro atoms. The average Bonchev–Trinajstić information content (AvgIpc) is 3.77. The van der Waals surface area contributed by atoms with Crippen LogP contribution in [0.25, 0.3) is 11.3 Å². The fraction of sp³-hybridized carbons (Fsp3) is 0.738. The number of hydrogen-bond acceptors (Lipinski definition) is 14. The highest BCUT2D eigenvalue weighted by atomic mass is 16.7. The van der Waals surface area contributed by atoms with E-state index in [0.717, 1.165) is 17.7 Å². The maximum Gasteiger partial charge on any atom is 0.410 e. The van der Waals surface area contributed by atoms with E-state index in [4.69, 9.17) is 29.4 Å². The first kappa shape index (κ1) is 45.4. The van der Waals surface area contributed by atoms with Gasteiger partial charge in [-0.05, 0) is 106 Å². The SMILES string of the molecule is CC[C@H]1OC(=O)[C@H](C)C(=O)[C@H](C)[C@@H](O[C@@H]2O[C@H](C)CC(N(C)C)C2O)[C@](C)(OC)CCCN[C@@H](C)[C@H]2N(CCCCn3cc(-c4cccc(N)c4)nn3)C(=O)O[C@]12C. The van der Waals surface area contributed by atoms with Gasteiger partial charge in [0.2, 0.25) is 0 Å². The normalized spacial score (nSPS) is 35.6. The van der Waals surface area contributed by atoms with Gasteiger partial charge in [0, 0.05) is 49.5 Å². The van der Waals surface area contributed by atoms with Crippen LogP contribution < -0.4 is 11.1 Å². The second-order valence-corrected chi connectivity index (χ2v) is 17.1. The summed E-state index contributed by atoms with van der Waals surface area (Å²) >= 11 is 0. The highest BCUT2D eigenvalue weighted by Crippen LogP contribution is 2.40. The molecule has 16 heteroatoms. The van der Waals surface area contributed by atoms with Gasteiger partial charge in [-0.3, -0.25) is 19.2 Å².